The SMILES string of the molecule is CCOP(OCC)C(c1ccc(NC)cc1)c1ccc2ccccc2c1. The van der Waals surface area contributed by atoms with E-state index in [1.807, 2.05) is 20.9 Å². The fraction of sp³-hybridized carbons (Fsp3) is 0.273. The third-order valence-electron chi connectivity index (χ3n) is 4.33. The van der Waals surface area contributed by atoms with Gasteiger partial charge in [-0.2, -0.15) is 0 Å². The van der Waals surface area contributed by atoms with Crippen molar-refractivity contribution < 1.29 is 9.05 Å². The van der Waals surface area contributed by atoms with Crippen LogP contribution in [0.1, 0.15) is 30.6 Å². The Balaban J connectivity index is 2.07. The average molecular weight is 367 g/mol. The summed E-state index contributed by atoms with van der Waals surface area (Å²) in [6.07, 6.45) is 0. The minimum atomic E-state index is -1.07. The van der Waals surface area contributed by atoms with Crippen molar-refractivity contribution in [2.24, 2.45) is 0 Å². The predicted molar refractivity (Wildman–Crippen MR) is 112 cm³/mol. The Morgan fingerprint density at radius 1 is 0.808 bits per heavy atom. The van der Waals surface area contributed by atoms with Crippen LogP contribution in [0.3, 0.4) is 0 Å². The summed E-state index contributed by atoms with van der Waals surface area (Å²) in [6.45, 7) is 5.33. The third-order valence-corrected chi connectivity index (χ3v) is 6.37. The number of hydrogen-bond donors (Lipinski definition) is 1. The van der Waals surface area contributed by atoms with Gasteiger partial charge in [0.05, 0.1) is 18.9 Å². The highest BCUT2D eigenvalue weighted by molar-refractivity contribution is 7.48. The highest BCUT2D eigenvalue weighted by atomic mass is 31.2. The third kappa shape index (κ3) is 4.24. The maximum atomic E-state index is 6.05. The molecule has 0 spiro atoms. The number of hydrogen-bond acceptors (Lipinski definition) is 3. The van der Waals surface area contributed by atoms with Gasteiger partial charge in [0.1, 0.15) is 0 Å². The second kappa shape index (κ2) is 9.14. The molecule has 0 aliphatic carbocycles. The molecule has 0 heterocycles. The molecule has 1 unspecified atom stereocenters. The number of fused-ring (bicyclic) bond motifs is 1. The van der Waals surface area contributed by atoms with Gasteiger partial charge in [0, 0.05) is 12.7 Å². The molecule has 26 heavy (non-hydrogen) atoms. The molecule has 136 valence electrons. The van der Waals surface area contributed by atoms with E-state index >= 15 is 0 Å². The topological polar surface area (TPSA) is 30.5 Å². The first-order chi connectivity index (χ1) is 12.8. The highest BCUT2D eigenvalue weighted by Crippen LogP contribution is 2.56. The van der Waals surface area contributed by atoms with Crippen molar-refractivity contribution in [2.75, 3.05) is 25.6 Å². The molecule has 4 heteroatoms. The monoisotopic (exact) mass is 367 g/mol. The number of benzene rings is 3. The molecule has 3 nitrogen and oxygen atoms in total. The van der Waals surface area contributed by atoms with Crippen molar-refractivity contribution in [3.63, 3.8) is 0 Å². The van der Waals surface area contributed by atoms with Crippen LogP contribution >= 0.6 is 8.38 Å². The van der Waals surface area contributed by atoms with E-state index < -0.39 is 8.38 Å². The summed E-state index contributed by atoms with van der Waals surface area (Å²) < 4.78 is 12.1. The summed E-state index contributed by atoms with van der Waals surface area (Å²) in [5, 5.41) is 5.67. The van der Waals surface area contributed by atoms with Gasteiger partial charge in [0.15, 0.2) is 8.38 Å². The van der Waals surface area contributed by atoms with Gasteiger partial charge >= 0.3 is 0 Å². The Bertz CT molecular complexity index is 829. The van der Waals surface area contributed by atoms with E-state index in [0.717, 1.165) is 5.69 Å². The van der Waals surface area contributed by atoms with Crippen molar-refractivity contribution in [2.45, 2.75) is 19.5 Å². The lowest BCUT2D eigenvalue weighted by Gasteiger charge is -2.27. The molecule has 3 aromatic rings. The molecule has 0 bridgehead atoms. The van der Waals surface area contributed by atoms with Crippen LogP contribution in [0.4, 0.5) is 5.69 Å². The minimum Gasteiger partial charge on any atom is -0.388 e. The first-order valence-electron chi connectivity index (χ1n) is 9.08. The molecule has 0 amide bonds. The van der Waals surface area contributed by atoms with E-state index in [4.69, 9.17) is 9.05 Å². The summed E-state index contributed by atoms with van der Waals surface area (Å²) in [4.78, 5) is 0. The van der Waals surface area contributed by atoms with Crippen LogP contribution < -0.4 is 5.32 Å². The molecular formula is C22H26NO2P. The zero-order chi connectivity index (χ0) is 18.4. The van der Waals surface area contributed by atoms with Crippen molar-refractivity contribution in [1.82, 2.24) is 0 Å². The second-order valence-corrected chi connectivity index (χ2v) is 7.61. The van der Waals surface area contributed by atoms with Gasteiger partial charge in [-0.3, -0.25) is 0 Å². The Labute approximate surface area is 157 Å². The van der Waals surface area contributed by atoms with E-state index in [9.17, 15) is 0 Å². The zero-order valence-corrected chi connectivity index (χ0v) is 16.5. The Hall–Kier alpha value is -1.93. The molecule has 1 N–H and O–H groups in total. The smallest absolute Gasteiger partial charge is 0.183 e. The van der Waals surface area contributed by atoms with Gasteiger partial charge < -0.3 is 14.4 Å². The summed E-state index contributed by atoms with van der Waals surface area (Å²) >= 11 is 0. The fourth-order valence-corrected chi connectivity index (χ4v) is 4.79. The van der Waals surface area contributed by atoms with Gasteiger partial charge in [-0.1, -0.05) is 54.6 Å². The van der Waals surface area contributed by atoms with Crippen LogP contribution in [0.15, 0.2) is 66.7 Å². The maximum Gasteiger partial charge on any atom is 0.183 e. The van der Waals surface area contributed by atoms with E-state index in [1.165, 1.54) is 21.9 Å². The summed E-state index contributed by atoms with van der Waals surface area (Å²) in [6, 6.07) is 23.6. The van der Waals surface area contributed by atoms with Crippen molar-refractivity contribution in [1.29, 1.82) is 0 Å². The lowest BCUT2D eigenvalue weighted by atomic mass is 10.0. The Morgan fingerprint density at radius 2 is 1.42 bits per heavy atom. The van der Waals surface area contributed by atoms with E-state index in [2.05, 4.69) is 72.0 Å². The minimum absolute atomic E-state index is 0.0837. The molecular weight excluding hydrogens is 341 g/mol. The van der Waals surface area contributed by atoms with E-state index in [1.54, 1.807) is 0 Å². The van der Waals surface area contributed by atoms with Gasteiger partial charge in [0.25, 0.3) is 0 Å². The molecule has 3 aromatic carbocycles. The van der Waals surface area contributed by atoms with Gasteiger partial charge in [0.2, 0.25) is 0 Å². The first-order valence-corrected chi connectivity index (χ1v) is 10.3. The van der Waals surface area contributed by atoms with Crippen LogP contribution in [0.25, 0.3) is 10.8 Å². The van der Waals surface area contributed by atoms with Gasteiger partial charge in [-0.15, -0.1) is 0 Å². The lowest BCUT2D eigenvalue weighted by Crippen LogP contribution is -2.05. The molecule has 0 radical (unpaired) electrons. The van der Waals surface area contributed by atoms with Crippen molar-refractivity contribution in [3.8, 4) is 0 Å². The predicted octanol–water partition coefficient (Wildman–Crippen LogP) is 6.36. The lowest BCUT2D eigenvalue weighted by molar-refractivity contribution is 0.265. The number of anilines is 1. The molecule has 0 aliphatic rings. The summed E-state index contributed by atoms with van der Waals surface area (Å²) in [7, 11) is 0.867. The standard InChI is InChI=1S/C22H26NO2P/c1-4-24-26(25-5-2)22(18-12-14-21(23-3)15-13-18)20-11-10-17-8-6-7-9-19(17)16-20/h6-16,22-23H,4-5H2,1-3H3. The van der Waals surface area contributed by atoms with E-state index in [0.29, 0.717) is 13.2 Å². The average Bonchev–Trinajstić information content (AvgIpc) is 2.69. The molecule has 1 atom stereocenters. The van der Waals surface area contributed by atoms with Crippen LogP contribution in [0.2, 0.25) is 0 Å². The Morgan fingerprint density at radius 3 is 2.04 bits per heavy atom. The highest BCUT2D eigenvalue weighted by Gasteiger charge is 2.27. The number of nitrogens with one attached hydrogen (secondary N) is 1. The van der Waals surface area contributed by atoms with Crippen molar-refractivity contribution >= 4 is 24.8 Å². The van der Waals surface area contributed by atoms with Gasteiger partial charge in [-0.05, 0) is 47.9 Å². The first kappa shape index (κ1) is 18.8. The van der Waals surface area contributed by atoms with Crippen molar-refractivity contribution in [3.05, 3.63) is 77.9 Å². The molecule has 0 saturated carbocycles. The quantitative estimate of drug-likeness (QED) is 0.470. The molecule has 0 aromatic heterocycles. The zero-order valence-electron chi connectivity index (χ0n) is 15.6. The molecule has 0 saturated heterocycles. The van der Waals surface area contributed by atoms with Crippen LogP contribution in [-0.2, 0) is 9.05 Å². The second-order valence-electron chi connectivity index (χ2n) is 6.00. The number of rotatable bonds is 8. The van der Waals surface area contributed by atoms with Crippen LogP contribution in [0.5, 0.6) is 0 Å². The molecule has 0 aliphatic heterocycles. The largest absolute Gasteiger partial charge is 0.388 e. The van der Waals surface area contributed by atoms with Gasteiger partial charge in [-0.25, -0.2) is 0 Å². The van der Waals surface area contributed by atoms with Crippen LogP contribution in [-0.4, -0.2) is 20.3 Å². The normalized spacial score (nSPS) is 12.5. The molecule has 3 rings (SSSR count). The van der Waals surface area contributed by atoms with Crippen LogP contribution in [0, 0.1) is 0 Å². The summed E-state index contributed by atoms with van der Waals surface area (Å²) in [5.74, 6) is 0. The fourth-order valence-electron chi connectivity index (χ4n) is 3.09. The maximum absolute atomic E-state index is 6.05. The summed E-state index contributed by atoms with van der Waals surface area (Å²) in [5.41, 5.74) is 3.63. The Kier molecular flexibility index (Phi) is 6.62. The molecule has 0 fully saturated rings. The van der Waals surface area contributed by atoms with E-state index in [-0.39, 0.29) is 5.66 Å².